The van der Waals surface area contributed by atoms with Crippen LogP contribution in [0.5, 0.6) is 0 Å². The van der Waals surface area contributed by atoms with Crippen molar-refractivity contribution in [1.82, 2.24) is 19.6 Å². The highest BCUT2D eigenvalue weighted by Gasteiger charge is 2.17. The van der Waals surface area contributed by atoms with Gasteiger partial charge in [0.05, 0.1) is 18.9 Å². The molecule has 25 heavy (non-hydrogen) atoms. The topological polar surface area (TPSA) is 50.6 Å². The molecule has 6 nitrogen and oxygen atoms in total. The first-order valence-electron chi connectivity index (χ1n) is 8.67. The fraction of sp³-hybridized carbons (Fsp3) is 0.474. The van der Waals surface area contributed by atoms with Crippen molar-refractivity contribution in [1.29, 1.82) is 0 Å². The van der Waals surface area contributed by atoms with E-state index in [1.807, 2.05) is 44.6 Å². The summed E-state index contributed by atoms with van der Waals surface area (Å²) in [4.78, 5) is 16.7. The molecule has 1 saturated heterocycles. The Labute approximate surface area is 149 Å². The summed E-state index contributed by atoms with van der Waals surface area (Å²) in [6.45, 7) is 6.25. The van der Waals surface area contributed by atoms with E-state index in [9.17, 15) is 4.79 Å². The summed E-state index contributed by atoms with van der Waals surface area (Å²) in [5.41, 5.74) is 2.96. The first-order valence-corrected chi connectivity index (χ1v) is 8.67. The number of amides is 1. The van der Waals surface area contributed by atoms with Crippen molar-refractivity contribution in [3.63, 3.8) is 0 Å². The van der Waals surface area contributed by atoms with E-state index < -0.39 is 0 Å². The summed E-state index contributed by atoms with van der Waals surface area (Å²) in [6.07, 6.45) is 4.00. The lowest BCUT2D eigenvalue weighted by atomic mass is 10.1. The van der Waals surface area contributed by atoms with Gasteiger partial charge in [-0.1, -0.05) is 12.1 Å². The number of ether oxygens (including phenoxy) is 1. The molecule has 1 aliphatic rings. The van der Waals surface area contributed by atoms with Gasteiger partial charge in [-0.15, -0.1) is 0 Å². The Hall–Kier alpha value is -2.18. The zero-order valence-corrected chi connectivity index (χ0v) is 15.2. The molecule has 1 fully saturated rings. The lowest BCUT2D eigenvalue weighted by molar-refractivity contribution is -0.0212. The molecule has 2 heterocycles. The van der Waals surface area contributed by atoms with Gasteiger partial charge in [0, 0.05) is 57.6 Å². The van der Waals surface area contributed by atoms with Crippen molar-refractivity contribution in [3.05, 3.63) is 53.3 Å². The van der Waals surface area contributed by atoms with Crippen molar-refractivity contribution in [2.45, 2.75) is 26.1 Å². The van der Waals surface area contributed by atoms with Gasteiger partial charge < -0.3 is 9.64 Å². The van der Waals surface area contributed by atoms with Gasteiger partial charge in [0.1, 0.15) is 0 Å². The van der Waals surface area contributed by atoms with E-state index in [1.165, 1.54) is 5.56 Å². The molecule has 0 aliphatic carbocycles. The SMILES string of the molecule is CC1CN(Cc2ccc(C(=O)N(C)Cc3cnn(C)c3)cc2)CCO1. The second kappa shape index (κ2) is 7.80. The molecular weight excluding hydrogens is 316 g/mol. The molecule has 1 aliphatic heterocycles. The molecule has 1 amide bonds. The first-order chi connectivity index (χ1) is 12.0. The molecule has 1 atom stereocenters. The Balaban J connectivity index is 1.58. The van der Waals surface area contributed by atoms with Crippen LogP contribution >= 0.6 is 0 Å². The average Bonchev–Trinajstić information content (AvgIpc) is 3.00. The largest absolute Gasteiger partial charge is 0.376 e. The number of benzene rings is 1. The Morgan fingerprint density at radius 2 is 2.08 bits per heavy atom. The lowest BCUT2D eigenvalue weighted by Crippen LogP contribution is -2.40. The van der Waals surface area contributed by atoms with Crippen LogP contribution in [0.4, 0.5) is 0 Å². The van der Waals surface area contributed by atoms with Gasteiger partial charge in [-0.25, -0.2) is 0 Å². The number of carbonyl (C=O) groups is 1. The van der Waals surface area contributed by atoms with Crippen LogP contribution in [0.1, 0.15) is 28.4 Å². The number of morpholine rings is 1. The number of nitrogens with zero attached hydrogens (tertiary/aromatic N) is 4. The van der Waals surface area contributed by atoms with E-state index in [1.54, 1.807) is 15.8 Å². The standard InChI is InChI=1S/C19H26N4O2/c1-15-11-23(8-9-25-15)14-16-4-6-18(7-5-16)19(24)21(2)12-17-10-20-22(3)13-17/h4-7,10,13,15H,8-9,11-12,14H2,1-3H3. The van der Waals surface area contributed by atoms with E-state index in [2.05, 4.69) is 16.9 Å². The Bertz CT molecular complexity index is 710. The van der Waals surface area contributed by atoms with E-state index in [-0.39, 0.29) is 12.0 Å². The lowest BCUT2D eigenvalue weighted by Gasteiger charge is -2.31. The van der Waals surface area contributed by atoms with E-state index in [4.69, 9.17) is 4.74 Å². The van der Waals surface area contributed by atoms with Gasteiger partial charge in [0.2, 0.25) is 0 Å². The van der Waals surface area contributed by atoms with Crippen molar-refractivity contribution < 1.29 is 9.53 Å². The number of hydrogen-bond acceptors (Lipinski definition) is 4. The highest BCUT2D eigenvalue weighted by atomic mass is 16.5. The third-order valence-corrected chi connectivity index (χ3v) is 4.46. The van der Waals surface area contributed by atoms with Crippen LogP contribution in [0.3, 0.4) is 0 Å². The Morgan fingerprint density at radius 1 is 1.32 bits per heavy atom. The highest BCUT2D eigenvalue weighted by Crippen LogP contribution is 2.13. The monoisotopic (exact) mass is 342 g/mol. The van der Waals surface area contributed by atoms with E-state index >= 15 is 0 Å². The normalized spacial score (nSPS) is 18.3. The second-order valence-electron chi connectivity index (χ2n) is 6.80. The highest BCUT2D eigenvalue weighted by molar-refractivity contribution is 5.94. The maximum absolute atomic E-state index is 12.6. The predicted molar refractivity (Wildman–Crippen MR) is 96.1 cm³/mol. The molecule has 1 aromatic heterocycles. The summed E-state index contributed by atoms with van der Waals surface area (Å²) in [5, 5.41) is 4.14. The molecule has 0 bridgehead atoms. The molecule has 3 rings (SSSR count). The molecule has 6 heteroatoms. The Morgan fingerprint density at radius 3 is 2.72 bits per heavy atom. The molecule has 1 aromatic carbocycles. The molecule has 0 saturated carbocycles. The van der Waals surface area contributed by atoms with Crippen LogP contribution in [0.15, 0.2) is 36.7 Å². The van der Waals surface area contributed by atoms with E-state index in [0.717, 1.165) is 31.8 Å². The van der Waals surface area contributed by atoms with Crippen molar-refractivity contribution in [2.75, 3.05) is 26.7 Å². The Kier molecular flexibility index (Phi) is 5.50. The fourth-order valence-electron chi connectivity index (χ4n) is 3.16. The molecule has 134 valence electrons. The van der Waals surface area contributed by atoms with Crippen LogP contribution < -0.4 is 0 Å². The molecule has 1 unspecified atom stereocenters. The first kappa shape index (κ1) is 17.6. The average molecular weight is 342 g/mol. The molecule has 0 N–H and O–H groups in total. The minimum absolute atomic E-state index is 0.0235. The minimum Gasteiger partial charge on any atom is -0.376 e. The molecule has 0 radical (unpaired) electrons. The van der Waals surface area contributed by atoms with Gasteiger partial charge in [-0.3, -0.25) is 14.4 Å². The number of aromatic nitrogens is 2. The van der Waals surface area contributed by atoms with Crippen LogP contribution in [-0.4, -0.2) is 58.3 Å². The number of carbonyl (C=O) groups excluding carboxylic acids is 1. The van der Waals surface area contributed by atoms with Gasteiger partial charge in [-0.2, -0.15) is 5.10 Å². The molecular formula is C19H26N4O2. The maximum atomic E-state index is 12.6. The quantitative estimate of drug-likeness (QED) is 0.833. The third kappa shape index (κ3) is 4.67. The van der Waals surface area contributed by atoms with Crippen LogP contribution in [0.25, 0.3) is 0 Å². The zero-order chi connectivity index (χ0) is 17.8. The number of rotatable bonds is 5. The minimum atomic E-state index is 0.0235. The fourth-order valence-corrected chi connectivity index (χ4v) is 3.16. The van der Waals surface area contributed by atoms with E-state index in [0.29, 0.717) is 12.1 Å². The smallest absolute Gasteiger partial charge is 0.253 e. The molecule has 0 spiro atoms. The van der Waals surface area contributed by atoms with Crippen LogP contribution in [0, 0.1) is 0 Å². The van der Waals surface area contributed by atoms with Crippen molar-refractivity contribution >= 4 is 5.91 Å². The summed E-state index contributed by atoms with van der Waals surface area (Å²) in [5.74, 6) is 0.0235. The summed E-state index contributed by atoms with van der Waals surface area (Å²) in [7, 11) is 3.69. The van der Waals surface area contributed by atoms with Crippen LogP contribution in [0.2, 0.25) is 0 Å². The zero-order valence-electron chi connectivity index (χ0n) is 15.2. The van der Waals surface area contributed by atoms with Gasteiger partial charge in [-0.05, 0) is 24.6 Å². The number of hydrogen-bond donors (Lipinski definition) is 0. The summed E-state index contributed by atoms with van der Waals surface area (Å²) in [6, 6.07) is 7.93. The molecule has 2 aromatic rings. The van der Waals surface area contributed by atoms with Crippen molar-refractivity contribution in [2.24, 2.45) is 7.05 Å². The number of aryl methyl sites for hydroxylation is 1. The predicted octanol–water partition coefficient (Wildman–Crippen LogP) is 1.91. The second-order valence-corrected chi connectivity index (χ2v) is 6.80. The van der Waals surface area contributed by atoms with Crippen LogP contribution in [-0.2, 0) is 24.9 Å². The van der Waals surface area contributed by atoms with Gasteiger partial charge in [0.25, 0.3) is 5.91 Å². The maximum Gasteiger partial charge on any atom is 0.253 e. The third-order valence-electron chi connectivity index (χ3n) is 4.46. The van der Waals surface area contributed by atoms with Gasteiger partial charge in [0.15, 0.2) is 0 Å². The van der Waals surface area contributed by atoms with Crippen molar-refractivity contribution in [3.8, 4) is 0 Å². The summed E-state index contributed by atoms with van der Waals surface area (Å²) < 4.78 is 7.32. The summed E-state index contributed by atoms with van der Waals surface area (Å²) >= 11 is 0. The van der Waals surface area contributed by atoms with Gasteiger partial charge >= 0.3 is 0 Å².